The lowest BCUT2D eigenvalue weighted by Crippen LogP contribution is -2.42. The number of nitrogens with one attached hydrogen (secondary N) is 1. The van der Waals surface area contributed by atoms with Crippen LogP contribution in [0.3, 0.4) is 0 Å². The van der Waals surface area contributed by atoms with Crippen molar-refractivity contribution < 1.29 is 29.0 Å². The highest BCUT2D eigenvalue weighted by Gasteiger charge is 2.22. The molecule has 7 heteroatoms. The van der Waals surface area contributed by atoms with Gasteiger partial charge in [0.05, 0.1) is 6.42 Å². The number of halogens is 1. The molecule has 0 aliphatic carbocycles. The Morgan fingerprint density at radius 1 is 1.15 bits per heavy atom. The zero-order chi connectivity index (χ0) is 15.1. The van der Waals surface area contributed by atoms with E-state index in [4.69, 9.17) is 10.2 Å². The second kappa shape index (κ2) is 7.22. The van der Waals surface area contributed by atoms with Gasteiger partial charge < -0.3 is 15.5 Å². The van der Waals surface area contributed by atoms with Gasteiger partial charge in [-0.3, -0.25) is 9.59 Å². The van der Waals surface area contributed by atoms with Gasteiger partial charge >= 0.3 is 11.9 Å². The van der Waals surface area contributed by atoms with Crippen LogP contribution in [0.2, 0.25) is 0 Å². The van der Waals surface area contributed by atoms with Gasteiger partial charge in [0.15, 0.2) is 0 Å². The molecule has 1 rings (SSSR count). The minimum atomic E-state index is -1.45. The predicted molar refractivity (Wildman–Crippen MR) is 66.5 cm³/mol. The number of benzene rings is 1. The zero-order valence-corrected chi connectivity index (χ0v) is 10.5. The van der Waals surface area contributed by atoms with E-state index in [9.17, 15) is 18.8 Å². The molecule has 0 saturated heterocycles. The van der Waals surface area contributed by atoms with Crippen LogP contribution in [0.25, 0.3) is 0 Å². The second-order valence-electron chi connectivity index (χ2n) is 4.18. The van der Waals surface area contributed by atoms with Gasteiger partial charge in [0.2, 0.25) is 5.91 Å². The number of rotatable bonds is 7. The predicted octanol–water partition coefficient (Wildman–Crippen LogP) is 0.802. The smallest absolute Gasteiger partial charge is 0.326 e. The maximum atomic E-state index is 12.7. The average molecular weight is 283 g/mol. The monoisotopic (exact) mass is 283 g/mol. The second-order valence-corrected chi connectivity index (χ2v) is 4.18. The van der Waals surface area contributed by atoms with Crippen LogP contribution in [-0.2, 0) is 20.8 Å². The van der Waals surface area contributed by atoms with Crippen molar-refractivity contribution in [2.24, 2.45) is 0 Å². The summed E-state index contributed by atoms with van der Waals surface area (Å²) in [6.07, 6.45) is -0.377. The van der Waals surface area contributed by atoms with E-state index < -0.39 is 30.3 Å². The molecule has 1 amide bonds. The fourth-order valence-corrected chi connectivity index (χ4v) is 1.55. The van der Waals surface area contributed by atoms with E-state index in [1.54, 1.807) is 0 Å². The van der Waals surface area contributed by atoms with Crippen molar-refractivity contribution >= 4 is 17.8 Å². The van der Waals surface area contributed by atoms with Gasteiger partial charge in [-0.05, 0) is 24.1 Å². The lowest BCUT2D eigenvalue weighted by molar-refractivity contribution is -0.147. The Kier molecular flexibility index (Phi) is 5.64. The van der Waals surface area contributed by atoms with E-state index in [2.05, 4.69) is 5.32 Å². The molecule has 0 aromatic heterocycles. The van der Waals surface area contributed by atoms with Crippen LogP contribution in [0, 0.1) is 5.82 Å². The molecule has 1 aromatic carbocycles. The molecule has 1 aromatic rings. The third-order valence-electron chi connectivity index (χ3n) is 2.57. The van der Waals surface area contributed by atoms with Crippen molar-refractivity contribution in [3.8, 4) is 0 Å². The van der Waals surface area contributed by atoms with Crippen molar-refractivity contribution in [1.29, 1.82) is 0 Å². The highest BCUT2D eigenvalue weighted by Crippen LogP contribution is 2.05. The summed E-state index contributed by atoms with van der Waals surface area (Å²) in [6, 6.07) is 4.12. The van der Waals surface area contributed by atoms with Gasteiger partial charge in [0, 0.05) is 6.42 Å². The minimum Gasteiger partial charge on any atom is -0.481 e. The number of amides is 1. The summed E-state index contributed by atoms with van der Waals surface area (Å²) in [5.41, 5.74) is 0.728. The number of carboxylic acid groups (broad SMARTS) is 2. The SMILES string of the molecule is O=C(O)CC(NC(=O)CCc1ccc(F)cc1)C(=O)O. The van der Waals surface area contributed by atoms with E-state index in [0.29, 0.717) is 6.42 Å². The molecular formula is C13H14FNO5. The maximum absolute atomic E-state index is 12.7. The fraction of sp³-hybridized carbons (Fsp3) is 0.308. The molecule has 1 atom stereocenters. The largest absolute Gasteiger partial charge is 0.481 e. The molecule has 3 N–H and O–H groups in total. The molecule has 0 radical (unpaired) electrons. The summed E-state index contributed by atoms with van der Waals surface area (Å²) in [5, 5.41) is 19.4. The summed E-state index contributed by atoms with van der Waals surface area (Å²) in [4.78, 5) is 32.8. The van der Waals surface area contributed by atoms with E-state index in [1.165, 1.54) is 24.3 Å². The van der Waals surface area contributed by atoms with Crippen molar-refractivity contribution in [2.45, 2.75) is 25.3 Å². The number of aliphatic carboxylic acids is 2. The Hall–Kier alpha value is -2.44. The van der Waals surface area contributed by atoms with Crippen molar-refractivity contribution in [2.75, 3.05) is 0 Å². The molecule has 0 spiro atoms. The van der Waals surface area contributed by atoms with Crippen molar-refractivity contribution in [1.82, 2.24) is 5.32 Å². The number of hydrogen-bond acceptors (Lipinski definition) is 3. The molecule has 20 heavy (non-hydrogen) atoms. The van der Waals surface area contributed by atoms with Gasteiger partial charge in [-0.1, -0.05) is 12.1 Å². The molecule has 1 unspecified atom stereocenters. The van der Waals surface area contributed by atoms with Crippen LogP contribution in [0.4, 0.5) is 4.39 Å². The van der Waals surface area contributed by atoms with Gasteiger partial charge in [0.1, 0.15) is 11.9 Å². The van der Waals surface area contributed by atoms with Crippen molar-refractivity contribution in [3.05, 3.63) is 35.6 Å². The lowest BCUT2D eigenvalue weighted by atomic mass is 10.1. The van der Waals surface area contributed by atoms with Crippen LogP contribution in [0.15, 0.2) is 24.3 Å². The fourth-order valence-electron chi connectivity index (χ4n) is 1.55. The third-order valence-corrected chi connectivity index (χ3v) is 2.57. The lowest BCUT2D eigenvalue weighted by Gasteiger charge is -2.12. The Bertz CT molecular complexity index is 500. The Balaban J connectivity index is 2.47. The van der Waals surface area contributed by atoms with Gasteiger partial charge in [-0.15, -0.1) is 0 Å². The summed E-state index contributed by atoms with van der Waals surface area (Å²) in [6.45, 7) is 0. The van der Waals surface area contributed by atoms with E-state index in [1.807, 2.05) is 0 Å². The zero-order valence-electron chi connectivity index (χ0n) is 10.5. The molecule has 0 aliphatic rings. The number of carboxylic acids is 2. The van der Waals surface area contributed by atoms with E-state index in [0.717, 1.165) is 5.56 Å². The first-order valence-electron chi connectivity index (χ1n) is 5.87. The minimum absolute atomic E-state index is 0.00493. The standard InChI is InChI=1S/C13H14FNO5/c14-9-4-1-8(2-5-9)3-6-11(16)15-10(13(19)20)7-12(17)18/h1-2,4-5,10H,3,6-7H2,(H,15,16)(H,17,18)(H,19,20). The first-order valence-corrected chi connectivity index (χ1v) is 5.87. The number of carbonyl (C=O) groups is 3. The summed E-state index contributed by atoms with van der Waals surface area (Å²) in [5.74, 6) is -3.66. The summed E-state index contributed by atoms with van der Waals surface area (Å²) >= 11 is 0. The van der Waals surface area contributed by atoms with Crippen LogP contribution in [-0.4, -0.2) is 34.1 Å². The molecular weight excluding hydrogens is 269 g/mol. The topological polar surface area (TPSA) is 104 Å². The van der Waals surface area contributed by atoms with Crippen LogP contribution in [0.5, 0.6) is 0 Å². The Morgan fingerprint density at radius 2 is 1.75 bits per heavy atom. The first kappa shape index (κ1) is 15.6. The quantitative estimate of drug-likeness (QED) is 0.686. The summed E-state index contributed by atoms with van der Waals surface area (Å²) in [7, 11) is 0. The third kappa shape index (κ3) is 5.47. The molecule has 0 fully saturated rings. The van der Waals surface area contributed by atoms with E-state index >= 15 is 0 Å². The molecule has 0 heterocycles. The highest BCUT2D eigenvalue weighted by atomic mass is 19.1. The van der Waals surface area contributed by atoms with Crippen LogP contribution in [0.1, 0.15) is 18.4 Å². The molecule has 108 valence electrons. The van der Waals surface area contributed by atoms with Crippen LogP contribution >= 0.6 is 0 Å². The van der Waals surface area contributed by atoms with Crippen molar-refractivity contribution in [3.63, 3.8) is 0 Å². The Morgan fingerprint density at radius 3 is 2.25 bits per heavy atom. The van der Waals surface area contributed by atoms with Gasteiger partial charge in [-0.25, -0.2) is 9.18 Å². The normalized spacial score (nSPS) is 11.7. The number of aryl methyl sites for hydroxylation is 1. The number of hydrogen-bond donors (Lipinski definition) is 3. The van der Waals surface area contributed by atoms with Gasteiger partial charge in [-0.2, -0.15) is 0 Å². The first-order chi connectivity index (χ1) is 9.38. The van der Waals surface area contributed by atoms with Gasteiger partial charge in [0.25, 0.3) is 0 Å². The maximum Gasteiger partial charge on any atom is 0.326 e. The van der Waals surface area contributed by atoms with Crippen LogP contribution < -0.4 is 5.32 Å². The average Bonchev–Trinajstić information content (AvgIpc) is 2.36. The highest BCUT2D eigenvalue weighted by molar-refractivity contribution is 5.86. The molecule has 0 bridgehead atoms. The molecule has 0 aliphatic heterocycles. The molecule has 6 nitrogen and oxygen atoms in total. The number of carbonyl (C=O) groups excluding carboxylic acids is 1. The van der Waals surface area contributed by atoms with E-state index in [-0.39, 0.29) is 12.2 Å². The summed E-state index contributed by atoms with van der Waals surface area (Å²) < 4.78 is 12.7. The Labute approximate surface area is 114 Å². The molecule has 0 saturated carbocycles.